The second-order valence-corrected chi connectivity index (χ2v) is 9.60. The number of rotatable bonds is 6. The fourth-order valence-corrected chi connectivity index (χ4v) is 4.84. The van der Waals surface area contributed by atoms with Crippen molar-refractivity contribution < 1.29 is 17.7 Å². The Bertz CT molecular complexity index is 1050. The van der Waals surface area contributed by atoms with E-state index in [-0.39, 0.29) is 27.6 Å². The fraction of sp³-hybridized carbons (Fsp3) is 0.368. The van der Waals surface area contributed by atoms with Crippen molar-refractivity contribution in [2.45, 2.75) is 17.4 Å². The van der Waals surface area contributed by atoms with E-state index in [1.165, 1.54) is 30.3 Å². The van der Waals surface area contributed by atoms with Crippen molar-refractivity contribution in [2.24, 2.45) is 5.92 Å². The highest BCUT2D eigenvalue weighted by Crippen LogP contribution is 2.38. The lowest BCUT2D eigenvalue weighted by molar-refractivity contribution is -0.386. The number of hydrogen-bond acceptors (Lipinski definition) is 6. The summed E-state index contributed by atoms with van der Waals surface area (Å²) in [5, 5.41) is 14.6. The summed E-state index contributed by atoms with van der Waals surface area (Å²) in [7, 11) is -1.82. The van der Waals surface area contributed by atoms with Gasteiger partial charge in [-0.05, 0) is 55.8 Å². The topological polar surface area (TPSA) is 92.6 Å². The van der Waals surface area contributed by atoms with Crippen molar-refractivity contribution in [3.63, 3.8) is 0 Å². The molecule has 156 valence electrons. The van der Waals surface area contributed by atoms with Crippen LogP contribution < -0.4 is 5.32 Å². The summed E-state index contributed by atoms with van der Waals surface area (Å²) < 4.78 is 37.8. The Morgan fingerprint density at radius 3 is 2.69 bits per heavy atom. The monoisotopic (exact) mass is 441 g/mol. The summed E-state index contributed by atoms with van der Waals surface area (Å²) in [6.45, 7) is 1.15. The van der Waals surface area contributed by atoms with Crippen LogP contribution in [0.5, 0.6) is 0 Å². The van der Waals surface area contributed by atoms with Gasteiger partial charge in [0.05, 0.1) is 9.95 Å². The summed E-state index contributed by atoms with van der Waals surface area (Å²) in [6.07, 6.45) is 1.74. The number of nitro benzene ring substituents is 1. The van der Waals surface area contributed by atoms with Crippen LogP contribution in [0.25, 0.3) is 0 Å². The molecular formula is C19H21ClFN3O4S. The zero-order valence-corrected chi connectivity index (χ0v) is 17.5. The molecule has 0 aliphatic carbocycles. The van der Waals surface area contributed by atoms with Crippen LogP contribution in [-0.4, -0.2) is 44.6 Å². The zero-order chi connectivity index (χ0) is 21.3. The maximum Gasteiger partial charge on any atom is 0.310 e. The first-order chi connectivity index (χ1) is 13.6. The number of sulfone groups is 1. The molecule has 7 nitrogen and oxygen atoms in total. The molecule has 2 aromatic rings. The maximum atomic E-state index is 13.9. The predicted molar refractivity (Wildman–Crippen MR) is 110 cm³/mol. The van der Waals surface area contributed by atoms with E-state index in [0.717, 1.165) is 24.8 Å². The van der Waals surface area contributed by atoms with Gasteiger partial charge in [-0.15, -0.1) is 0 Å². The molecule has 1 aliphatic rings. The molecule has 3 rings (SSSR count). The van der Waals surface area contributed by atoms with Gasteiger partial charge in [-0.2, -0.15) is 0 Å². The molecule has 1 N–H and O–H groups in total. The highest BCUT2D eigenvalue weighted by molar-refractivity contribution is 7.90. The van der Waals surface area contributed by atoms with Crippen molar-refractivity contribution in [3.8, 4) is 0 Å². The van der Waals surface area contributed by atoms with E-state index in [0.29, 0.717) is 6.54 Å². The maximum absolute atomic E-state index is 13.9. The number of nitrogens with one attached hydrogen (secondary N) is 1. The molecule has 2 aromatic carbocycles. The van der Waals surface area contributed by atoms with Gasteiger partial charge >= 0.3 is 5.69 Å². The number of likely N-dealkylation sites (tertiary alicyclic amines) is 1. The average molecular weight is 442 g/mol. The first-order valence-corrected chi connectivity index (χ1v) is 11.2. The quantitative estimate of drug-likeness (QED) is 0.540. The molecule has 1 fully saturated rings. The summed E-state index contributed by atoms with van der Waals surface area (Å²) in [5.41, 5.74) is 0.460. The molecule has 0 bridgehead atoms. The number of benzene rings is 2. The van der Waals surface area contributed by atoms with E-state index in [2.05, 4.69) is 10.2 Å². The minimum atomic E-state index is -3.75. The van der Waals surface area contributed by atoms with E-state index in [1.807, 2.05) is 7.05 Å². The number of nitrogens with zero attached hydrogens (tertiary/aromatic N) is 2. The van der Waals surface area contributed by atoms with Crippen LogP contribution in [0, 0.1) is 21.8 Å². The highest BCUT2D eigenvalue weighted by Gasteiger charge is 2.34. The first-order valence-electron chi connectivity index (χ1n) is 8.96. The number of anilines is 1. The van der Waals surface area contributed by atoms with Gasteiger partial charge in [0.15, 0.2) is 9.84 Å². The third-order valence-corrected chi connectivity index (χ3v) is 6.63. The van der Waals surface area contributed by atoms with Crippen LogP contribution in [0.2, 0.25) is 5.02 Å². The summed E-state index contributed by atoms with van der Waals surface area (Å²) in [4.78, 5) is 12.6. The SMILES string of the molecule is CN1CCC(CNc2cccc(S(C)(=O)=O)c2[N+](=O)[O-])C1c1ccc(Cl)c(F)c1. The van der Waals surface area contributed by atoms with Crippen LogP contribution in [0.4, 0.5) is 15.8 Å². The Hall–Kier alpha value is -2.23. The molecule has 2 atom stereocenters. The summed E-state index contributed by atoms with van der Waals surface area (Å²) >= 11 is 5.79. The molecule has 0 saturated carbocycles. The van der Waals surface area contributed by atoms with Gasteiger partial charge in [0.1, 0.15) is 16.4 Å². The Morgan fingerprint density at radius 2 is 2.07 bits per heavy atom. The molecule has 0 radical (unpaired) electrons. The van der Waals surface area contributed by atoms with Gasteiger partial charge in [0.2, 0.25) is 0 Å². The Labute approximate surface area is 173 Å². The van der Waals surface area contributed by atoms with Crippen LogP contribution >= 0.6 is 11.6 Å². The van der Waals surface area contributed by atoms with Gasteiger partial charge in [-0.3, -0.25) is 15.0 Å². The van der Waals surface area contributed by atoms with Gasteiger partial charge in [0, 0.05) is 18.8 Å². The minimum absolute atomic E-state index is 0.0436. The summed E-state index contributed by atoms with van der Waals surface area (Å²) in [5.74, 6) is -0.449. The van der Waals surface area contributed by atoms with Gasteiger partial charge in [-0.1, -0.05) is 23.7 Å². The highest BCUT2D eigenvalue weighted by atomic mass is 35.5. The fourth-order valence-electron chi connectivity index (χ4n) is 3.86. The lowest BCUT2D eigenvalue weighted by Crippen LogP contribution is -2.25. The standard InChI is InChI=1S/C19H21ClFN3O4S/c1-23-9-8-13(18(23)12-6-7-14(20)15(21)10-12)11-22-16-4-3-5-17(29(2,27)28)19(16)24(25)26/h3-7,10,13,18,22H,8-9,11H2,1-2H3. The van der Waals surface area contributed by atoms with Crippen molar-refractivity contribution in [2.75, 3.05) is 31.7 Å². The molecule has 0 spiro atoms. The van der Waals surface area contributed by atoms with Gasteiger partial charge in [0.25, 0.3) is 0 Å². The molecule has 0 amide bonds. The lowest BCUT2D eigenvalue weighted by Gasteiger charge is -2.26. The second-order valence-electron chi connectivity index (χ2n) is 7.21. The van der Waals surface area contributed by atoms with E-state index >= 15 is 0 Å². The number of para-hydroxylation sites is 1. The minimum Gasteiger partial charge on any atom is -0.379 e. The molecule has 1 saturated heterocycles. The predicted octanol–water partition coefficient (Wildman–Crippen LogP) is 3.90. The van der Waals surface area contributed by atoms with Crippen LogP contribution in [0.15, 0.2) is 41.3 Å². The van der Waals surface area contributed by atoms with E-state index < -0.39 is 26.3 Å². The van der Waals surface area contributed by atoms with Crippen LogP contribution in [0.3, 0.4) is 0 Å². The molecule has 29 heavy (non-hydrogen) atoms. The van der Waals surface area contributed by atoms with Crippen molar-refractivity contribution in [1.29, 1.82) is 0 Å². The molecule has 1 heterocycles. The normalized spacial score (nSPS) is 20.0. The lowest BCUT2D eigenvalue weighted by atomic mass is 9.93. The molecule has 1 aliphatic heterocycles. The molecule has 10 heteroatoms. The Morgan fingerprint density at radius 1 is 1.34 bits per heavy atom. The smallest absolute Gasteiger partial charge is 0.310 e. The van der Waals surface area contributed by atoms with Gasteiger partial charge in [-0.25, -0.2) is 12.8 Å². The van der Waals surface area contributed by atoms with Gasteiger partial charge < -0.3 is 5.32 Å². The number of nitro groups is 1. The molecular weight excluding hydrogens is 421 g/mol. The van der Waals surface area contributed by atoms with E-state index in [4.69, 9.17) is 11.6 Å². The van der Waals surface area contributed by atoms with E-state index in [9.17, 15) is 22.9 Å². The van der Waals surface area contributed by atoms with Crippen molar-refractivity contribution >= 4 is 32.8 Å². The second kappa shape index (κ2) is 8.25. The number of hydrogen-bond donors (Lipinski definition) is 1. The molecule has 0 aromatic heterocycles. The molecule has 2 unspecified atom stereocenters. The van der Waals surface area contributed by atoms with E-state index in [1.54, 1.807) is 6.07 Å². The Balaban J connectivity index is 1.87. The Kier molecular flexibility index (Phi) is 6.11. The van der Waals surface area contributed by atoms with Crippen LogP contribution in [-0.2, 0) is 9.84 Å². The third kappa shape index (κ3) is 4.52. The van der Waals surface area contributed by atoms with Crippen molar-refractivity contribution in [1.82, 2.24) is 4.90 Å². The summed E-state index contributed by atoms with van der Waals surface area (Å²) in [6, 6.07) is 8.80. The average Bonchev–Trinajstić information content (AvgIpc) is 3.01. The van der Waals surface area contributed by atoms with Crippen LogP contribution in [0.1, 0.15) is 18.0 Å². The van der Waals surface area contributed by atoms with Crippen molar-refractivity contribution in [3.05, 3.63) is 62.9 Å². The largest absolute Gasteiger partial charge is 0.379 e. The number of halogens is 2. The first kappa shape index (κ1) is 21.5. The zero-order valence-electron chi connectivity index (χ0n) is 15.9. The third-order valence-electron chi connectivity index (χ3n) is 5.19.